The standard InChI is InChI=1S/C15H15N3S/c1-10-6-7-11(17-9-10)8-12(16)15-18-13-4-2-3-5-14(13)19-15/h2-7,9,12H,8,16H2,1H3. The molecule has 0 radical (unpaired) electrons. The van der Waals surface area contributed by atoms with Crippen molar-refractivity contribution in [1.82, 2.24) is 9.97 Å². The third-order valence-corrected chi connectivity index (χ3v) is 4.20. The van der Waals surface area contributed by atoms with E-state index in [1.807, 2.05) is 37.4 Å². The van der Waals surface area contributed by atoms with Crippen LogP contribution in [0.2, 0.25) is 0 Å². The number of nitrogens with two attached hydrogens (primary N) is 1. The van der Waals surface area contributed by atoms with Crippen LogP contribution in [0.25, 0.3) is 10.2 Å². The lowest BCUT2D eigenvalue weighted by atomic mass is 10.1. The molecule has 0 fully saturated rings. The van der Waals surface area contributed by atoms with E-state index in [0.717, 1.165) is 28.2 Å². The minimum absolute atomic E-state index is 0.0902. The minimum Gasteiger partial charge on any atom is -0.322 e. The number of para-hydroxylation sites is 1. The zero-order chi connectivity index (χ0) is 13.2. The molecule has 0 spiro atoms. The summed E-state index contributed by atoms with van der Waals surface area (Å²) in [5.41, 5.74) is 9.44. The Kier molecular flexibility index (Phi) is 3.27. The smallest absolute Gasteiger partial charge is 0.111 e. The van der Waals surface area contributed by atoms with Gasteiger partial charge in [-0.2, -0.15) is 0 Å². The van der Waals surface area contributed by atoms with Crippen LogP contribution in [0.5, 0.6) is 0 Å². The molecule has 2 N–H and O–H groups in total. The molecule has 0 aliphatic rings. The zero-order valence-electron chi connectivity index (χ0n) is 10.7. The fourth-order valence-corrected chi connectivity index (χ4v) is 2.95. The fraction of sp³-hybridized carbons (Fsp3) is 0.200. The quantitative estimate of drug-likeness (QED) is 0.794. The van der Waals surface area contributed by atoms with Crippen molar-refractivity contribution in [2.24, 2.45) is 5.73 Å². The molecule has 2 heterocycles. The number of fused-ring (bicyclic) bond motifs is 1. The van der Waals surface area contributed by atoms with Crippen LogP contribution in [-0.4, -0.2) is 9.97 Å². The molecule has 3 rings (SSSR count). The number of nitrogens with zero attached hydrogens (tertiary/aromatic N) is 2. The molecule has 3 aromatic rings. The van der Waals surface area contributed by atoms with Gasteiger partial charge in [-0.1, -0.05) is 18.2 Å². The van der Waals surface area contributed by atoms with Crippen LogP contribution >= 0.6 is 11.3 Å². The maximum atomic E-state index is 6.24. The molecule has 0 aliphatic heterocycles. The van der Waals surface area contributed by atoms with Gasteiger partial charge in [-0.25, -0.2) is 4.98 Å². The Morgan fingerprint density at radius 2 is 2.05 bits per heavy atom. The van der Waals surface area contributed by atoms with Crippen LogP contribution in [0.15, 0.2) is 42.6 Å². The van der Waals surface area contributed by atoms with E-state index in [0.29, 0.717) is 0 Å². The van der Waals surface area contributed by atoms with E-state index in [2.05, 4.69) is 22.1 Å². The molecule has 0 amide bonds. The Morgan fingerprint density at radius 3 is 2.79 bits per heavy atom. The number of hydrogen-bond donors (Lipinski definition) is 1. The summed E-state index contributed by atoms with van der Waals surface area (Å²) in [5.74, 6) is 0. The summed E-state index contributed by atoms with van der Waals surface area (Å²) in [6.45, 7) is 2.03. The van der Waals surface area contributed by atoms with Gasteiger partial charge < -0.3 is 5.73 Å². The second-order valence-electron chi connectivity index (χ2n) is 4.66. The molecular formula is C15H15N3S. The van der Waals surface area contributed by atoms with E-state index in [4.69, 9.17) is 5.73 Å². The van der Waals surface area contributed by atoms with Crippen molar-refractivity contribution in [3.05, 3.63) is 58.9 Å². The molecule has 1 atom stereocenters. The van der Waals surface area contributed by atoms with E-state index in [1.165, 1.54) is 4.70 Å². The van der Waals surface area contributed by atoms with Gasteiger partial charge in [-0.15, -0.1) is 11.3 Å². The van der Waals surface area contributed by atoms with Crippen LogP contribution in [0.1, 0.15) is 22.3 Å². The summed E-state index contributed by atoms with van der Waals surface area (Å²) >= 11 is 1.66. The van der Waals surface area contributed by atoms with Gasteiger partial charge in [-0.3, -0.25) is 4.98 Å². The SMILES string of the molecule is Cc1ccc(CC(N)c2nc3ccccc3s2)nc1. The Morgan fingerprint density at radius 1 is 1.21 bits per heavy atom. The van der Waals surface area contributed by atoms with Crippen molar-refractivity contribution >= 4 is 21.6 Å². The number of pyridine rings is 1. The predicted molar refractivity (Wildman–Crippen MR) is 79.2 cm³/mol. The highest BCUT2D eigenvalue weighted by Crippen LogP contribution is 2.26. The first-order chi connectivity index (χ1) is 9.22. The van der Waals surface area contributed by atoms with Gasteiger partial charge in [0.25, 0.3) is 0 Å². The lowest BCUT2D eigenvalue weighted by molar-refractivity contribution is 0.702. The molecule has 1 unspecified atom stereocenters. The Balaban J connectivity index is 1.83. The highest BCUT2D eigenvalue weighted by molar-refractivity contribution is 7.18. The number of rotatable bonds is 3. The Labute approximate surface area is 116 Å². The summed E-state index contributed by atoms with van der Waals surface area (Å²) in [7, 11) is 0. The van der Waals surface area contributed by atoms with Crippen molar-refractivity contribution in [1.29, 1.82) is 0 Å². The lowest BCUT2D eigenvalue weighted by Gasteiger charge is -2.07. The van der Waals surface area contributed by atoms with E-state index >= 15 is 0 Å². The van der Waals surface area contributed by atoms with E-state index in [1.54, 1.807) is 11.3 Å². The average Bonchev–Trinajstić information content (AvgIpc) is 2.85. The Bertz CT molecular complexity index is 655. The third kappa shape index (κ3) is 2.64. The monoisotopic (exact) mass is 269 g/mol. The lowest BCUT2D eigenvalue weighted by Crippen LogP contribution is -2.13. The van der Waals surface area contributed by atoms with Gasteiger partial charge in [0.1, 0.15) is 5.01 Å². The summed E-state index contributed by atoms with van der Waals surface area (Å²) in [6.07, 6.45) is 2.60. The highest BCUT2D eigenvalue weighted by atomic mass is 32.1. The number of aryl methyl sites for hydroxylation is 1. The minimum atomic E-state index is -0.0902. The first-order valence-corrected chi connectivity index (χ1v) is 7.06. The van der Waals surface area contributed by atoms with E-state index in [9.17, 15) is 0 Å². The van der Waals surface area contributed by atoms with Crippen LogP contribution in [-0.2, 0) is 6.42 Å². The maximum Gasteiger partial charge on any atom is 0.111 e. The third-order valence-electron chi connectivity index (χ3n) is 3.03. The summed E-state index contributed by atoms with van der Waals surface area (Å²) in [6, 6.07) is 12.1. The maximum absolute atomic E-state index is 6.24. The number of aromatic nitrogens is 2. The van der Waals surface area contributed by atoms with Crippen molar-refractivity contribution < 1.29 is 0 Å². The second-order valence-corrected chi connectivity index (χ2v) is 5.72. The number of benzene rings is 1. The zero-order valence-corrected chi connectivity index (χ0v) is 11.5. The molecule has 3 nitrogen and oxygen atoms in total. The molecule has 0 saturated heterocycles. The largest absolute Gasteiger partial charge is 0.322 e. The van der Waals surface area contributed by atoms with Crippen LogP contribution in [0.4, 0.5) is 0 Å². The van der Waals surface area contributed by atoms with Gasteiger partial charge in [0.15, 0.2) is 0 Å². The van der Waals surface area contributed by atoms with Crippen LogP contribution in [0, 0.1) is 6.92 Å². The predicted octanol–water partition coefficient (Wildman–Crippen LogP) is 3.24. The topological polar surface area (TPSA) is 51.8 Å². The molecule has 19 heavy (non-hydrogen) atoms. The first-order valence-electron chi connectivity index (χ1n) is 6.25. The first kappa shape index (κ1) is 12.3. The molecule has 0 aliphatic carbocycles. The van der Waals surface area contributed by atoms with Crippen LogP contribution in [0.3, 0.4) is 0 Å². The van der Waals surface area contributed by atoms with Gasteiger partial charge >= 0.3 is 0 Å². The van der Waals surface area contributed by atoms with Crippen LogP contribution < -0.4 is 5.73 Å². The molecule has 2 aromatic heterocycles. The van der Waals surface area contributed by atoms with Gasteiger partial charge in [0, 0.05) is 18.3 Å². The second kappa shape index (κ2) is 5.07. The number of thiazole rings is 1. The van der Waals surface area contributed by atoms with Crippen molar-refractivity contribution in [2.75, 3.05) is 0 Å². The molecular weight excluding hydrogens is 254 g/mol. The van der Waals surface area contributed by atoms with E-state index in [-0.39, 0.29) is 6.04 Å². The van der Waals surface area contributed by atoms with Crippen molar-refractivity contribution in [2.45, 2.75) is 19.4 Å². The summed E-state index contributed by atoms with van der Waals surface area (Å²) in [5, 5.41) is 0.976. The highest BCUT2D eigenvalue weighted by Gasteiger charge is 2.13. The molecule has 4 heteroatoms. The van der Waals surface area contributed by atoms with Gasteiger partial charge in [-0.05, 0) is 30.7 Å². The van der Waals surface area contributed by atoms with Gasteiger partial charge in [0.2, 0.25) is 0 Å². The normalized spacial score (nSPS) is 12.7. The van der Waals surface area contributed by atoms with Crippen molar-refractivity contribution in [3.8, 4) is 0 Å². The average molecular weight is 269 g/mol. The molecule has 1 aromatic carbocycles. The fourth-order valence-electron chi connectivity index (χ4n) is 1.98. The molecule has 0 saturated carbocycles. The van der Waals surface area contributed by atoms with Gasteiger partial charge in [0.05, 0.1) is 16.3 Å². The summed E-state index contributed by atoms with van der Waals surface area (Å²) in [4.78, 5) is 8.99. The molecule has 0 bridgehead atoms. The van der Waals surface area contributed by atoms with E-state index < -0.39 is 0 Å². The number of hydrogen-bond acceptors (Lipinski definition) is 4. The van der Waals surface area contributed by atoms with Crippen molar-refractivity contribution in [3.63, 3.8) is 0 Å². The molecule has 96 valence electrons. The summed E-state index contributed by atoms with van der Waals surface area (Å²) < 4.78 is 1.19. The Hall–Kier alpha value is -1.78.